The maximum atomic E-state index is 12.0. The molecular weight excluding hydrogens is 214 g/mol. The summed E-state index contributed by atoms with van der Waals surface area (Å²) >= 11 is 0. The van der Waals surface area contributed by atoms with Gasteiger partial charge in [-0.3, -0.25) is 4.79 Å². The third-order valence-electron chi connectivity index (χ3n) is 3.31. The molecule has 4 nitrogen and oxygen atoms in total. The molecule has 1 aromatic rings. The Morgan fingerprint density at radius 3 is 2.82 bits per heavy atom. The van der Waals surface area contributed by atoms with Crippen LogP contribution in [-0.2, 0) is 0 Å². The van der Waals surface area contributed by atoms with E-state index in [-0.39, 0.29) is 11.9 Å². The monoisotopic (exact) mass is 233 g/mol. The predicted molar refractivity (Wildman–Crippen MR) is 67.1 cm³/mol. The van der Waals surface area contributed by atoms with Crippen molar-refractivity contribution in [3.63, 3.8) is 0 Å². The molecule has 1 atom stereocenters. The van der Waals surface area contributed by atoms with Gasteiger partial charge in [0.1, 0.15) is 5.69 Å². The standard InChI is InChI=1S/C13H19N3O/c1-9-4-5-12(14-10(9)2)13(17)15-11-6-7-16(3)8-11/h4-5,11H,6-8H2,1-3H3,(H,15,17). The van der Waals surface area contributed by atoms with E-state index in [1.165, 1.54) is 0 Å². The molecule has 1 aliphatic heterocycles. The van der Waals surface area contributed by atoms with Crippen LogP contribution in [0.2, 0.25) is 0 Å². The summed E-state index contributed by atoms with van der Waals surface area (Å²) in [5.41, 5.74) is 2.55. The number of nitrogens with zero attached hydrogens (tertiary/aromatic N) is 2. The van der Waals surface area contributed by atoms with Crippen LogP contribution in [-0.4, -0.2) is 42.0 Å². The summed E-state index contributed by atoms with van der Waals surface area (Å²) < 4.78 is 0. The first kappa shape index (κ1) is 12.0. The summed E-state index contributed by atoms with van der Waals surface area (Å²) in [4.78, 5) is 18.5. The highest BCUT2D eigenvalue weighted by atomic mass is 16.1. The zero-order chi connectivity index (χ0) is 12.4. The number of aromatic nitrogens is 1. The van der Waals surface area contributed by atoms with Gasteiger partial charge >= 0.3 is 0 Å². The minimum Gasteiger partial charge on any atom is -0.347 e. The van der Waals surface area contributed by atoms with Crippen LogP contribution >= 0.6 is 0 Å². The predicted octanol–water partition coefficient (Wildman–Crippen LogP) is 1.13. The summed E-state index contributed by atoms with van der Waals surface area (Å²) in [6, 6.07) is 3.99. The van der Waals surface area contributed by atoms with Crippen molar-refractivity contribution in [3.8, 4) is 0 Å². The van der Waals surface area contributed by atoms with Crippen molar-refractivity contribution in [2.45, 2.75) is 26.3 Å². The molecule has 0 spiro atoms. The molecule has 92 valence electrons. The topological polar surface area (TPSA) is 45.2 Å². The maximum Gasteiger partial charge on any atom is 0.270 e. The van der Waals surface area contributed by atoms with Gasteiger partial charge in [0.25, 0.3) is 5.91 Å². The molecule has 1 saturated heterocycles. The number of nitrogens with one attached hydrogen (secondary N) is 1. The third kappa shape index (κ3) is 2.82. The lowest BCUT2D eigenvalue weighted by Gasteiger charge is -2.12. The van der Waals surface area contributed by atoms with Crippen molar-refractivity contribution in [1.82, 2.24) is 15.2 Å². The van der Waals surface area contributed by atoms with Crippen LogP contribution in [0.15, 0.2) is 12.1 Å². The van der Waals surface area contributed by atoms with Gasteiger partial charge in [0.15, 0.2) is 0 Å². The maximum absolute atomic E-state index is 12.0. The van der Waals surface area contributed by atoms with Gasteiger partial charge in [0.2, 0.25) is 0 Å². The number of hydrogen-bond donors (Lipinski definition) is 1. The fraction of sp³-hybridized carbons (Fsp3) is 0.538. The smallest absolute Gasteiger partial charge is 0.270 e. The normalized spacial score (nSPS) is 20.5. The first-order valence-corrected chi connectivity index (χ1v) is 6.00. The average molecular weight is 233 g/mol. The van der Waals surface area contributed by atoms with Gasteiger partial charge in [-0.15, -0.1) is 0 Å². The molecule has 4 heteroatoms. The molecule has 1 amide bonds. The number of rotatable bonds is 2. The lowest BCUT2D eigenvalue weighted by molar-refractivity contribution is 0.0933. The molecule has 1 N–H and O–H groups in total. The van der Waals surface area contributed by atoms with Gasteiger partial charge in [-0.05, 0) is 45.5 Å². The van der Waals surface area contributed by atoms with Crippen LogP contribution in [0.3, 0.4) is 0 Å². The SMILES string of the molecule is Cc1ccc(C(=O)NC2CCN(C)C2)nc1C. The van der Waals surface area contributed by atoms with Crippen molar-refractivity contribution in [2.24, 2.45) is 0 Å². The lowest BCUT2D eigenvalue weighted by atomic mass is 10.2. The quantitative estimate of drug-likeness (QED) is 0.833. The average Bonchev–Trinajstić information content (AvgIpc) is 2.68. The van der Waals surface area contributed by atoms with Crippen molar-refractivity contribution in [3.05, 3.63) is 29.1 Å². The molecule has 2 rings (SSSR count). The van der Waals surface area contributed by atoms with Crippen molar-refractivity contribution in [1.29, 1.82) is 0 Å². The summed E-state index contributed by atoms with van der Waals surface area (Å²) in [5.74, 6) is -0.0617. The van der Waals surface area contributed by atoms with Gasteiger partial charge in [-0.2, -0.15) is 0 Å². The highest BCUT2D eigenvalue weighted by Crippen LogP contribution is 2.09. The summed E-state index contributed by atoms with van der Waals surface area (Å²) in [5, 5.41) is 3.03. The molecule has 0 aromatic carbocycles. The second-order valence-electron chi connectivity index (χ2n) is 4.82. The van der Waals surface area contributed by atoms with E-state index in [9.17, 15) is 4.79 Å². The number of amides is 1. The van der Waals surface area contributed by atoms with E-state index in [1.54, 1.807) is 6.07 Å². The van der Waals surface area contributed by atoms with Crippen molar-refractivity contribution < 1.29 is 4.79 Å². The van der Waals surface area contributed by atoms with E-state index >= 15 is 0 Å². The van der Waals surface area contributed by atoms with Crippen molar-refractivity contribution >= 4 is 5.91 Å². The molecule has 17 heavy (non-hydrogen) atoms. The Balaban J connectivity index is 2.02. The molecule has 1 aliphatic rings. The van der Waals surface area contributed by atoms with E-state index in [1.807, 2.05) is 19.9 Å². The van der Waals surface area contributed by atoms with E-state index in [0.29, 0.717) is 5.69 Å². The van der Waals surface area contributed by atoms with Gasteiger partial charge in [-0.25, -0.2) is 4.98 Å². The molecule has 0 saturated carbocycles. The molecule has 0 aliphatic carbocycles. The Morgan fingerprint density at radius 1 is 1.47 bits per heavy atom. The van der Waals surface area contributed by atoms with Crippen molar-refractivity contribution in [2.75, 3.05) is 20.1 Å². The zero-order valence-corrected chi connectivity index (χ0v) is 10.7. The number of carbonyl (C=O) groups excluding carboxylic acids is 1. The Labute approximate surface area is 102 Å². The number of likely N-dealkylation sites (tertiary alicyclic amines) is 1. The second-order valence-corrected chi connectivity index (χ2v) is 4.82. The van der Waals surface area contributed by atoms with E-state index in [0.717, 1.165) is 30.8 Å². The number of pyridine rings is 1. The van der Waals surface area contributed by atoms with E-state index in [4.69, 9.17) is 0 Å². The van der Waals surface area contributed by atoms with Gasteiger partial charge in [-0.1, -0.05) is 6.07 Å². The van der Waals surface area contributed by atoms with Crippen LogP contribution < -0.4 is 5.32 Å². The van der Waals surface area contributed by atoms with Crippen LogP contribution in [0.5, 0.6) is 0 Å². The lowest BCUT2D eigenvalue weighted by Crippen LogP contribution is -2.37. The number of likely N-dealkylation sites (N-methyl/N-ethyl adjacent to an activating group) is 1. The minimum atomic E-state index is -0.0617. The molecule has 1 unspecified atom stereocenters. The number of aryl methyl sites for hydroxylation is 2. The number of carbonyl (C=O) groups is 1. The van der Waals surface area contributed by atoms with E-state index < -0.39 is 0 Å². The van der Waals surface area contributed by atoms with E-state index in [2.05, 4.69) is 22.2 Å². The summed E-state index contributed by atoms with van der Waals surface area (Å²) in [7, 11) is 2.07. The zero-order valence-electron chi connectivity index (χ0n) is 10.7. The molecule has 0 bridgehead atoms. The number of hydrogen-bond acceptors (Lipinski definition) is 3. The molecular formula is C13H19N3O. The Bertz CT molecular complexity index is 431. The van der Waals surface area contributed by atoms with Gasteiger partial charge < -0.3 is 10.2 Å². The van der Waals surface area contributed by atoms with Gasteiger partial charge in [0, 0.05) is 18.3 Å². The Kier molecular flexibility index (Phi) is 3.43. The molecule has 1 aromatic heterocycles. The van der Waals surface area contributed by atoms with Crippen LogP contribution in [0.25, 0.3) is 0 Å². The van der Waals surface area contributed by atoms with Crippen LogP contribution in [0.1, 0.15) is 28.2 Å². The molecule has 0 radical (unpaired) electrons. The fourth-order valence-electron chi connectivity index (χ4n) is 2.07. The van der Waals surface area contributed by atoms with Gasteiger partial charge in [0.05, 0.1) is 0 Å². The van der Waals surface area contributed by atoms with Crippen LogP contribution in [0, 0.1) is 13.8 Å². The first-order chi connectivity index (χ1) is 8.06. The molecule has 2 heterocycles. The highest BCUT2D eigenvalue weighted by molar-refractivity contribution is 5.92. The minimum absolute atomic E-state index is 0.0617. The summed E-state index contributed by atoms with van der Waals surface area (Å²) in [6.45, 7) is 5.90. The molecule has 1 fully saturated rings. The van der Waals surface area contributed by atoms with Crippen LogP contribution in [0.4, 0.5) is 0 Å². The summed E-state index contributed by atoms with van der Waals surface area (Å²) in [6.07, 6.45) is 1.02. The fourth-order valence-corrected chi connectivity index (χ4v) is 2.07. The Morgan fingerprint density at radius 2 is 2.24 bits per heavy atom. The largest absolute Gasteiger partial charge is 0.347 e. The second kappa shape index (κ2) is 4.84. The highest BCUT2D eigenvalue weighted by Gasteiger charge is 2.21. The Hall–Kier alpha value is -1.42. The third-order valence-corrected chi connectivity index (χ3v) is 3.31. The first-order valence-electron chi connectivity index (χ1n) is 6.00.